The lowest BCUT2D eigenvalue weighted by Gasteiger charge is -2.21. The molecule has 1 rings (SSSR count). The van der Waals surface area contributed by atoms with E-state index >= 15 is 0 Å². The molecule has 0 aliphatic heterocycles. The van der Waals surface area contributed by atoms with E-state index < -0.39 is 0 Å². The van der Waals surface area contributed by atoms with E-state index in [4.69, 9.17) is 10.8 Å². The van der Waals surface area contributed by atoms with Crippen LogP contribution in [-0.4, -0.2) is 30.2 Å². The summed E-state index contributed by atoms with van der Waals surface area (Å²) in [5.41, 5.74) is 7.26. The molecule has 0 bridgehead atoms. The number of amides is 1. The van der Waals surface area contributed by atoms with Gasteiger partial charge in [0.05, 0.1) is 0 Å². The first kappa shape index (κ1) is 15.7. The van der Waals surface area contributed by atoms with E-state index in [1.807, 2.05) is 38.1 Å². The largest absolute Gasteiger partial charge is 0.396 e. The van der Waals surface area contributed by atoms with Gasteiger partial charge in [-0.1, -0.05) is 26.0 Å². The summed E-state index contributed by atoms with van der Waals surface area (Å²) in [6.45, 7) is 4.76. The van der Waals surface area contributed by atoms with Crippen molar-refractivity contribution in [1.29, 1.82) is 0 Å². The second-order valence-corrected chi connectivity index (χ2v) is 5.07. The van der Waals surface area contributed by atoms with E-state index in [1.54, 1.807) is 0 Å². The lowest BCUT2D eigenvalue weighted by atomic mass is 10.0. The summed E-state index contributed by atoms with van der Waals surface area (Å²) >= 11 is 0. The van der Waals surface area contributed by atoms with Crippen molar-refractivity contribution in [3.05, 3.63) is 35.4 Å². The van der Waals surface area contributed by atoms with Gasteiger partial charge in [-0.3, -0.25) is 4.79 Å². The summed E-state index contributed by atoms with van der Waals surface area (Å²) in [5, 5.41) is 12.0. The molecule has 1 aromatic rings. The van der Waals surface area contributed by atoms with Crippen LogP contribution in [0.5, 0.6) is 0 Å². The number of carbonyl (C=O) groups excluding carboxylic acids is 1. The number of aliphatic hydroxyl groups excluding tert-OH is 1. The normalized spacial score (nSPS) is 12.5. The van der Waals surface area contributed by atoms with E-state index in [0.717, 1.165) is 12.0 Å². The van der Waals surface area contributed by atoms with Crippen molar-refractivity contribution in [3.63, 3.8) is 0 Å². The Morgan fingerprint density at radius 1 is 1.32 bits per heavy atom. The van der Waals surface area contributed by atoms with Gasteiger partial charge in [0.15, 0.2) is 0 Å². The Kier molecular flexibility index (Phi) is 6.53. The van der Waals surface area contributed by atoms with Crippen LogP contribution in [0.3, 0.4) is 0 Å². The van der Waals surface area contributed by atoms with Crippen molar-refractivity contribution in [2.24, 2.45) is 11.7 Å². The molecule has 0 spiro atoms. The third-order valence-electron chi connectivity index (χ3n) is 3.21. The Morgan fingerprint density at radius 3 is 2.42 bits per heavy atom. The third-order valence-corrected chi connectivity index (χ3v) is 3.21. The number of hydrogen-bond acceptors (Lipinski definition) is 3. The number of carbonyl (C=O) groups is 1. The van der Waals surface area contributed by atoms with Gasteiger partial charge in [-0.05, 0) is 43.0 Å². The van der Waals surface area contributed by atoms with Gasteiger partial charge in [0.2, 0.25) is 0 Å². The standard InChI is InChI=1S/C15H24N2O2/c1-11(2)14(8-10-18)17-15(19)13-5-3-12(4-6-13)7-9-16/h3-6,11,14,18H,7-10,16H2,1-2H3,(H,17,19). The number of aliphatic hydroxyl groups is 1. The van der Waals surface area contributed by atoms with Crippen molar-refractivity contribution < 1.29 is 9.90 Å². The maximum Gasteiger partial charge on any atom is 0.251 e. The molecule has 0 fully saturated rings. The molecule has 1 aromatic carbocycles. The van der Waals surface area contributed by atoms with E-state index in [0.29, 0.717) is 24.4 Å². The van der Waals surface area contributed by atoms with Gasteiger partial charge in [-0.2, -0.15) is 0 Å². The molecule has 106 valence electrons. The Labute approximate surface area is 115 Å². The van der Waals surface area contributed by atoms with Crippen LogP contribution in [0.1, 0.15) is 36.2 Å². The highest BCUT2D eigenvalue weighted by Crippen LogP contribution is 2.09. The first-order valence-corrected chi connectivity index (χ1v) is 6.79. The molecule has 0 saturated carbocycles. The minimum atomic E-state index is -0.0913. The van der Waals surface area contributed by atoms with Crippen molar-refractivity contribution >= 4 is 5.91 Å². The molecular formula is C15H24N2O2. The second-order valence-electron chi connectivity index (χ2n) is 5.07. The predicted molar refractivity (Wildman–Crippen MR) is 77.0 cm³/mol. The summed E-state index contributed by atoms with van der Waals surface area (Å²) in [6.07, 6.45) is 1.40. The SMILES string of the molecule is CC(C)C(CCO)NC(=O)c1ccc(CCN)cc1. The van der Waals surface area contributed by atoms with Crippen LogP contribution in [0.25, 0.3) is 0 Å². The fourth-order valence-corrected chi connectivity index (χ4v) is 1.95. The van der Waals surface area contributed by atoms with Gasteiger partial charge in [0, 0.05) is 18.2 Å². The monoisotopic (exact) mass is 264 g/mol. The average Bonchev–Trinajstić information content (AvgIpc) is 2.39. The topological polar surface area (TPSA) is 75.3 Å². The highest BCUT2D eigenvalue weighted by molar-refractivity contribution is 5.94. The number of nitrogens with one attached hydrogen (secondary N) is 1. The van der Waals surface area contributed by atoms with Gasteiger partial charge in [0.25, 0.3) is 5.91 Å². The van der Waals surface area contributed by atoms with Gasteiger partial charge in [-0.25, -0.2) is 0 Å². The number of rotatable bonds is 7. The summed E-state index contributed by atoms with van der Waals surface area (Å²) in [7, 11) is 0. The summed E-state index contributed by atoms with van der Waals surface area (Å²) in [5.74, 6) is 0.207. The molecule has 0 radical (unpaired) electrons. The quantitative estimate of drug-likeness (QED) is 0.695. The zero-order valence-electron chi connectivity index (χ0n) is 11.7. The first-order valence-electron chi connectivity index (χ1n) is 6.79. The molecule has 0 heterocycles. The zero-order valence-corrected chi connectivity index (χ0v) is 11.7. The maximum atomic E-state index is 12.1. The third kappa shape index (κ3) is 5.01. The Bertz CT molecular complexity index is 388. The molecule has 4 N–H and O–H groups in total. The van der Waals surface area contributed by atoms with Crippen LogP contribution >= 0.6 is 0 Å². The lowest BCUT2D eigenvalue weighted by Crippen LogP contribution is -2.39. The Balaban J connectivity index is 2.66. The summed E-state index contributed by atoms with van der Waals surface area (Å²) < 4.78 is 0. The Hall–Kier alpha value is -1.39. The van der Waals surface area contributed by atoms with Gasteiger partial charge in [-0.15, -0.1) is 0 Å². The highest BCUT2D eigenvalue weighted by Gasteiger charge is 2.16. The molecule has 1 amide bonds. The van der Waals surface area contributed by atoms with Crippen LogP contribution in [0.4, 0.5) is 0 Å². The Morgan fingerprint density at radius 2 is 1.95 bits per heavy atom. The van der Waals surface area contributed by atoms with Crippen LogP contribution in [-0.2, 0) is 6.42 Å². The average molecular weight is 264 g/mol. The minimum Gasteiger partial charge on any atom is -0.396 e. The van der Waals surface area contributed by atoms with Crippen molar-refractivity contribution in [2.75, 3.05) is 13.2 Å². The van der Waals surface area contributed by atoms with E-state index in [9.17, 15) is 4.79 Å². The summed E-state index contributed by atoms with van der Waals surface area (Å²) in [6, 6.07) is 7.49. The maximum absolute atomic E-state index is 12.1. The van der Waals surface area contributed by atoms with E-state index in [-0.39, 0.29) is 18.6 Å². The molecule has 0 aliphatic rings. The number of hydrogen-bond donors (Lipinski definition) is 3. The molecule has 4 heteroatoms. The molecule has 19 heavy (non-hydrogen) atoms. The smallest absolute Gasteiger partial charge is 0.251 e. The van der Waals surface area contributed by atoms with Gasteiger partial charge < -0.3 is 16.2 Å². The van der Waals surface area contributed by atoms with Crippen LogP contribution < -0.4 is 11.1 Å². The summed E-state index contributed by atoms with van der Waals surface area (Å²) in [4.78, 5) is 12.1. The van der Waals surface area contributed by atoms with Crippen LogP contribution in [0.15, 0.2) is 24.3 Å². The minimum absolute atomic E-state index is 0.00113. The molecule has 0 saturated heterocycles. The fraction of sp³-hybridized carbons (Fsp3) is 0.533. The lowest BCUT2D eigenvalue weighted by molar-refractivity contribution is 0.0916. The van der Waals surface area contributed by atoms with Crippen molar-refractivity contribution in [1.82, 2.24) is 5.32 Å². The molecule has 1 atom stereocenters. The van der Waals surface area contributed by atoms with E-state index in [2.05, 4.69) is 5.32 Å². The predicted octanol–water partition coefficient (Wildman–Crippen LogP) is 1.32. The van der Waals surface area contributed by atoms with Gasteiger partial charge >= 0.3 is 0 Å². The molecule has 1 unspecified atom stereocenters. The highest BCUT2D eigenvalue weighted by atomic mass is 16.3. The first-order chi connectivity index (χ1) is 9.08. The second kappa shape index (κ2) is 7.92. The number of nitrogens with two attached hydrogens (primary N) is 1. The molecule has 0 aromatic heterocycles. The molecule has 0 aliphatic carbocycles. The van der Waals surface area contributed by atoms with Crippen molar-refractivity contribution in [3.8, 4) is 0 Å². The van der Waals surface area contributed by atoms with E-state index in [1.165, 1.54) is 0 Å². The van der Waals surface area contributed by atoms with Gasteiger partial charge in [0.1, 0.15) is 0 Å². The van der Waals surface area contributed by atoms with Crippen LogP contribution in [0.2, 0.25) is 0 Å². The zero-order chi connectivity index (χ0) is 14.3. The van der Waals surface area contributed by atoms with Crippen molar-refractivity contribution in [2.45, 2.75) is 32.7 Å². The number of benzene rings is 1. The van der Waals surface area contributed by atoms with Crippen LogP contribution in [0, 0.1) is 5.92 Å². The fourth-order valence-electron chi connectivity index (χ4n) is 1.95. The molecular weight excluding hydrogens is 240 g/mol. The molecule has 4 nitrogen and oxygen atoms in total.